The highest BCUT2D eigenvalue weighted by Gasteiger charge is 2.22. The molecule has 0 fully saturated rings. The maximum Gasteiger partial charge on any atom is 0.164 e. The fraction of sp³-hybridized carbons (Fsp3) is 0. The Bertz CT molecular complexity index is 3880. The number of para-hydroxylation sites is 2. The van der Waals surface area contributed by atoms with Crippen molar-refractivity contribution in [3.05, 3.63) is 243 Å². The number of nitrogens with zero attached hydrogens (tertiary/aromatic N) is 4. The molecule has 68 heavy (non-hydrogen) atoms. The number of benzene rings is 10. The Labute approximate surface area is 392 Å². The smallest absolute Gasteiger partial charge is 0.164 e. The highest BCUT2D eigenvalue weighted by atomic mass is 16.3. The van der Waals surface area contributed by atoms with Gasteiger partial charge in [0.2, 0.25) is 0 Å². The quantitative estimate of drug-likeness (QED) is 0.153. The largest absolute Gasteiger partial charge is 0.456 e. The van der Waals surface area contributed by atoms with Gasteiger partial charge in [0, 0.05) is 43.9 Å². The van der Waals surface area contributed by atoms with Crippen LogP contribution in [0.25, 0.3) is 128 Å². The van der Waals surface area contributed by atoms with Crippen LogP contribution >= 0.6 is 0 Å². The van der Waals surface area contributed by atoms with Gasteiger partial charge in [-0.1, -0.05) is 182 Å². The average Bonchev–Trinajstić information content (AvgIpc) is 3.96. The van der Waals surface area contributed by atoms with Crippen LogP contribution in [0.3, 0.4) is 0 Å². The summed E-state index contributed by atoms with van der Waals surface area (Å²) in [5, 5.41) is 4.38. The summed E-state index contributed by atoms with van der Waals surface area (Å²) < 4.78 is 9.20. The second kappa shape index (κ2) is 16.4. The van der Waals surface area contributed by atoms with Gasteiger partial charge in [0.15, 0.2) is 17.5 Å². The van der Waals surface area contributed by atoms with Crippen molar-refractivity contribution in [1.29, 1.82) is 0 Å². The third-order valence-electron chi connectivity index (χ3n) is 13.0. The molecule has 0 atom stereocenters. The van der Waals surface area contributed by atoms with Gasteiger partial charge in [-0.2, -0.15) is 0 Å². The van der Waals surface area contributed by atoms with Gasteiger partial charge in [-0.05, 0) is 105 Å². The number of aromatic nitrogens is 4. The molecule has 5 heteroatoms. The Morgan fingerprint density at radius 1 is 0.279 bits per heavy atom. The lowest BCUT2D eigenvalue weighted by Crippen LogP contribution is -2.01. The van der Waals surface area contributed by atoms with Gasteiger partial charge in [-0.25, -0.2) is 15.0 Å². The van der Waals surface area contributed by atoms with E-state index in [1.54, 1.807) is 0 Å². The van der Waals surface area contributed by atoms with Gasteiger partial charge in [0.25, 0.3) is 0 Å². The van der Waals surface area contributed by atoms with Crippen molar-refractivity contribution in [2.45, 2.75) is 0 Å². The van der Waals surface area contributed by atoms with E-state index < -0.39 is 0 Å². The third kappa shape index (κ3) is 6.84. The molecule has 0 aliphatic carbocycles. The van der Waals surface area contributed by atoms with Crippen LogP contribution in [-0.4, -0.2) is 19.5 Å². The molecule has 0 spiro atoms. The van der Waals surface area contributed by atoms with E-state index in [1.165, 1.54) is 5.39 Å². The molecule has 318 valence electrons. The summed E-state index contributed by atoms with van der Waals surface area (Å²) >= 11 is 0. The van der Waals surface area contributed by atoms with E-state index >= 15 is 0 Å². The minimum atomic E-state index is 0.577. The Kier molecular flexibility index (Phi) is 9.43. The Hall–Kier alpha value is -9.19. The van der Waals surface area contributed by atoms with Crippen LogP contribution in [0, 0.1) is 0 Å². The Balaban J connectivity index is 1.09. The van der Waals surface area contributed by atoms with Crippen molar-refractivity contribution < 1.29 is 4.42 Å². The maximum atomic E-state index is 6.84. The van der Waals surface area contributed by atoms with Gasteiger partial charge >= 0.3 is 0 Å². The molecular formula is C63H40N4O. The maximum absolute atomic E-state index is 6.84. The summed E-state index contributed by atoms with van der Waals surface area (Å²) in [4.78, 5) is 15.8. The third-order valence-corrected chi connectivity index (χ3v) is 13.0. The van der Waals surface area contributed by atoms with Gasteiger partial charge < -0.3 is 8.98 Å². The first kappa shape index (κ1) is 39.2. The highest BCUT2D eigenvalue weighted by Crippen LogP contribution is 2.45. The van der Waals surface area contributed by atoms with Crippen LogP contribution in [0.5, 0.6) is 0 Å². The van der Waals surface area contributed by atoms with Gasteiger partial charge in [0.05, 0.1) is 11.0 Å². The monoisotopic (exact) mass is 868 g/mol. The first-order chi connectivity index (χ1) is 33.7. The minimum Gasteiger partial charge on any atom is -0.456 e. The van der Waals surface area contributed by atoms with Crippen LogP contribution in [0.15, 0.2) is 247 Å². The van der Waals surface area contributed by atoms with Crippen molar-refractivity contribution in [1.82, 2.24) is 19.5 Å². The second-order valence-corrected chi connectivity index (χ2v) is 17.2. The summed E-state index contributed by atoms with van der Waals surface area (Å²) in [7, 11) is 0. The lowest BCUT2D eigenvalue weighted by atomic mass is 9.89. The zero-order valence-corrected chi connectivity index (χ0v) is 36.8. The highest BCUT2D eigenvalue weighted by molar-refractivity contribution is 6.20. The summed E-state index contributed by atoms with van der Waals surface area (Å²) in [6.45, 7) is 0. The zero-order chi connectivity index (χ0) is 45.0. The SMILES string of the molecule is c1ccc(-c2cc(-c3ccccc3)cc(-c3ccc(-c4cccc5oc6cc7c8ccccc8n(-c8ccccc8)c7cc6c45)c(-c4nc(-c5ccccc5)nc(-c5ccccc5)n4)c3)c2)cc1. The standard InChI is InChI=1S/C63H40N4O/c1-6-19-41(20-7-1)46-35-47(42-21-8-2-9-22-42)37-48(36-46)45-33-34-50(54(38-45)63-65-61(43-23-10-3-11-24-43)64-62(66-63)44-25-12-4-13-26-44)52-30-18-32-58-60(52)55-39-57-53(40-59(55)68-58)51-29-16-17-31-56(51)67(57)49-27-14-5-15-28-49/h1-40H. The topological polar surface area (TPSA) is 56.7 Å². The number of rotatable bonds is 8. The summed E-state index contributed by atoms with van der Waals surface area (Å²) in [5.41, 5.74) is 16.4. The Morgan fingerprint density at radius 2 is 0.809 bits per heavy atom. The number of fused-ring (bicyclic) bond motifs is 6. The molecule has 10 aromatic carbocycles. The van der Waals surface area contributed by atoms with Crippen LogP contribution in [0.1, 0.15) is 0 Å². The van der Waals surface area contributed by atoms with Crippen LogP contribution in [-0.2, 0) is 0 Å². The molecule has 13 rings (SSSR count). The van der Waals surface area contributed by atoms with E-state index in [1.807, 2.05) is 36.4 Å². The molecule has 0 saturated heterocycles. The molecular weight excluding hydrogens is 829 g/mol. The number of furan rings is 1. The molecule has 0 bridgehead atoms. The van der Waals surface area contributed by atoms with Crippen molar-refractivity contribution in [2.24, 2.45) is 0 Å². The molecule has 3 aromatic heterocycles. The minimum absolute atomic E-state index is 0.577. The van der Waals surface area contributed by atoms with Gasteiger partial charge in [0.1, 0.15) is 11.2 Å². The molecule has 5 nitrogen and oxygen atoms in total. The first-order valence-electron chi connectivity index (χ1n) is 22.9. The van der Waals surface area contributed by atoms with Gasteiger partial charge in [-0.15, -0.1) is 0 Å². The first-order valence-corrected chi connectivity index (χ1v) is 22.9. The summed E-state index contributed by atoms with van der Waals surface area (Å²) in [6.07, 6.45) is 0. The Morgan fingerprint density at radius 3 is 1.43 bits per heavy atom. The summed E-state index contributed by atoms with van der Waals surface area (Å²) in [5.74, 6) is 1.78. The molecule has 0 radical (unpaired) electrons. The lowest BCUT2D eigenvalue weighted by Gasteiger charge is -2.16. The lowest BCUT2D eigenvalue weighted by molar-refractivity contribution is 0.669. The van der Waals surface area contributed by atoms with E-state index in [9.17, 15) is 0 Å². The molecule has 0 N–H and O–H groups in total. The number of hydrogen-bond donors (Lipinski definition) is 0. The fourth-order valence-electron chi connectivity index (χ4n) is 9.83. The van der Waals surface area contributed by atoms with Crippen molar-refractivity contribution in [3.8, 4) is 84.4 Å². The molecule has 13 aromatic rings. The van der Waals surface area contributed by atoms with E-state index in [2.05, 4.69) is 211 Å². The average molecular weight is 869 g/mol. The predicted octanol–water partition coefficient (Wildman–Crippen LogP) is 16.5. The van der Waals surface area contributed by atoms with Crippen molar-refractivity contribution in [3.63, 3.8) is 0 Å². The van der Waals surface area contributed by atoms with E-state index in [0.29, 0.717) is 17.5 Å². The number of hydrogen-bond acceptors (Lipinski definition) is 4. The van der Waals surface area contributed by atoms with Gasteiger partial charge in [-0.3, -0.25) is 0 Å². The zero-order valence-electron chi connectivity index (χ0n) is 36.8. The second-order valence-electron chi connectivity index (χ2n) is 17.2. The van der Waals surface area contributed by atoms with E-state index in [4.69, 9.17) is 19.4 Å². The van der Waals surface area contributed by atoms with Crippen LogP contribution in [0.2, 0.25) is 0 Å². The molecule has 0 unspecified atom stereocenters. The molecule has 3 heterocycles. The molecule has 0 saturated carbocycles. The molecule has 0 aliphatic rings. The van der Waals surface area contributed by atoms with E-state index in [0.717, 1.165) is 105 Å². The fourth-order valence-corrected chi connectivity index (χ4v) is 9.83. The normalized spacial score (nSPS) is 11.5. The molecule has 0 aliphatic heterocycles. The van der Waals surface area contributed by atoms with E-state index in [-0.39, 0.29) is 0 Å². The van der Waals surface area contributed by atoms with Crippen molar-refractivity contribution in [2.75, 3.05) is 0 Å². The summed E-state index contributed by atoms with van der Waals surface area (Å²) in [6, 6.07) is 85.3. The molecule has 0 amide bonds. The van der Waals surface area contributed by atoms with Crippen LogP contribution < -0.4 is 0 Å². The predicted molar refractivity (Wildman–Crippen MR) is 279 cm³/mol. The van der Waals surface area contributed by atoms with Crippen molar-refractivity contribution >= 4 is 43.7 Å². The van der Waals surface area contributed by atoms with Crippen LogP contribution in [0.4, 0.5) is 0 Å².